The van der Waals surface area contributed by atoms with Gasteiger partial charge >= 0.3 is 0 Å². The first-order valence-corrected chi connectivity index (χ1v) is 9.34. The molecule has 7 heteroatoms. The van der Waals surface area contributed by atoms with Crippen molar-refractivity contribution in [3.63, 3.8) is 0 Å². The number of halogens is 2. The van der Waals surface area contributed by atoms with Gasteiger partial charge in [-0.15, -0.1) is 0 Å². The lowest BCUT2D eigenvalue weighted by molar-refractivity contribution is -0.134. The molecule has 0 saturated carbocycles. The first-order chi connectivity index (χ1) is 13.5. The van der Waals surface area contributed by atoms with E-state index in [1.54, 1.807) is 11.0 Å². The Morgan fingerprint density at radius 2 is 1.89 bits per heavy atom. The van der Waals surface area contributed by atoms with Crippen molar-refractivity contribution in [2.24, 2.45) is 0 Å². The van der Waals surface area contributed by atoms with E-state index in [1.807, 2.05) is 6.07 Å². The number of nitrogens with zero attached hydrogens (tertiary/aromatic N) is 1. The maximum absolute atomic E-state index is 13.6. The number of piperazine rings is 1. The largest absolute Gasteiger partial charge is 0.352 e. The topological polar surface area (TPSA) is 61.4 Å². The normalized spacial score (nSPS) is 16.6. The molecule has 148 valence electrons. The minimum Gasteiger partial charge on any atom is -0.352 e. The summed E-state index contributed by atoms with van der Waals surface area (Å²) in [6.07, 6.45) is 0.779. The average Bonchev–Trinajstić information content (AvgIpc) is 2.71. The molecule has 3 rings (SSSR count). The van der Waals surface area contributed by atoms with E-state index in [9.17, 15) is 18.4 Å². The van der Waals surface area contributed by atoms with Crippen LogP contribution in [0.4, 0.5) is 8.78 Å². The fourth-order valence-corrected chi connectivity index (χ4v) is 3.30. The van der Waals surface area contributed by atoms with Crippen molar-refractivity contribution >= 4 is 11.8 Å². The van der Waals surface area contributed by atoms with E-state index >= 15 is 0 Å². The van der Waals surface area contributed by atoms with Crippen LogP contribution in [0.2, 0.25) is 0 Å². The van der Waals surface area contributed by atoms with Crippen molar-refractivity contribution in [3.8, 4) is 0 Å². The van der Waals surface area contributed by atoms with E-state index < -0.39 is 5.82 Å². The number of carbonyl (C=O) groups excluding carboxylic acids is 2. The third-order valence-electron chi connectivity index (χ3n) is 4.76. The lowest BCUT2D eigenvalue weighted by Crippen LogP contribution is -2.48. The molecule has 1 atom stereocenters. The van der Waals surface area contributed by atoms with Gasteiger partial charge in [0.1, 0.15) is 11.6 Å². The van der Waals surface area contributed by atoms with Gasteiger partial charge in [-0.2, -0.15) is 0 Å². The molecule has 1 saturated heterocycles. The summed E-state index contributed by atoms with van der Waals surface area (Å²) in [7, 11) is 0. The van der Waals surface area contributed by atoms with Gasteiger partial charge in [0.05, 0.1) is 6.04 Å². The van der Waals surface area contributed by atoms with Crippen LogP contribution in [0.3, 0.4) is 0 Å². The number of nitrogens with one attached hydrogen (secondary N) is 2. The predicted octanol–water partition coefficient (Wildman–Crippen LogP) is 2.65. The molecule has 0 bridgehead atoms. The van der Waals surface area contributed by atoms with Crippen molar-refractivity contribution in [2.75, 3.05) is 26.2 Å². The first kappa shape index (κ1) is 19.9. The number of rotatable bonds is 6. The Kier molecular flexibility index (Phi) is 6.71. The molecular weight excluding hydrogens is 364 g/mol. The van der Waals surface area contributed by atoms with Crippen LogP contribution < -0.4 is 10.6 Å². The second kappa shape index (κ2) is 9.41. The second-order valence-electron chi connectivity index (χ2n) is 6.73. The Balaban J connectivity index is 1.50. The zero-order valence-electron chi connectivity index (χ0n) is 15.5. The third kappa shape index (κ3) is 5.13. The molecule has 2 aromatic rings. The fourth-order valence-electron chi connectivity index (χ4n) is 3.30. The summed E-state index contributed by atoms with van der Waals surface area (Å²) in [5.41, 5.74) is 1.14. The van der Waals surface area contributed by atoms with E-state index in [0.29, 0.717) is 38.2 Å². The lowest BCUT2D eigenvalue weighted by atomic mass is 10.0. The van der Waals surface area contributed by atoms with Gasteiger partial charge < -0.3 is 15.5 Å². The van der Waals surface area contributed by atoms with Gasteiger partial charge in [-0.05, 0) is 48.4 Å². The zero-order chi connectivity index (χ0) is 19.9. The molecule has 0 aliphatic carbocycles. The van der Waals surface area contributed by atoms with Crippen molar-refractivity contribution < 1.29 is 18.4 Å². The van der Waals surface area contributed by atoms with Crippen LogP contribution in [0.25, 0.3) is 0 Å². The van der Waals surface area contributed by atoms with E-state index in [1.165, 1.54) is 36.4 Å². The highest BCUT2D eigenvalue weighted by molar-refractivity contribution is 5.94. The Morgan fingerprint density at radius 1 is 1.11 bits per heavy atom. The highest BCUT2D eigenvalue weighted by atomic mass is 19.1. The number of hydrogen-bond donors (Lipinski definition) is 2. The highest BCUT2D eigenvalue weighted by Gasteiger charge is 2.27. The molecule has 2 N–H and O–H groups in total. The Hall–Kier alpha value is -2.80. The van der Waals surface area contributed by atoms with Crippen LogP contribution in [0.5, 0.6) is 0 Å². The standard InChI is InChI=1S/C21H23F2N3O2/c22-17-8-6-15(7-9-17)21(28)25-10-2-5-20(27)26-12-11-24-14-19(26)16-3-1-4-18(23)13-16/h1,3-4,6-9,13,19,24H,2,5,10-12,14H2,(H,25,28). The molecule has 2 amide bonds. The molecule has 1 unspecified atom stereocenters. The van der Waals surface area contributed by atoms with Crippen molar-refractivity contribution in [1.29, 1.82) is 0 Å². The molecule has 1 aliphatic heterocycles. The van der Waals surface area contributed by atoms with Gasteiger partial charge in [-0.25, -0.2) is 8.78 Å². The summed E-state index contributed by atoms with van der Waals surface area (Å²) in [6.45, 7) is 2.18. The Labute approximate surface area is 162 Å². The number of carbonyl (C=O) groups is 2. The van der Waals surface area contributed by atoms with Crippen LogP contribution in [-0.2, 0) is 4.79 Å². The van der Waals surface area contributed by atoms with Gasteiger partial charge in [-0.1, -0.05) is 12.1 Å². The van der Waals surface area contributed by atoms with Gasteiger partial charge in [-0.3, -0.25) is 9.59 Å². The predicted molar refractivity (Wildman–Crippen MR) is 102 cm³/mol. The maximum atomic E-state index is 13.6. The van der Waals surface area contributed by atoms with Crippen LogP contribution in [0.1, 0.15) is 34.8 Å². The van der Waals surface area contributed by atoms with Crippen molar-refractivity contribution in [2.45, 2.75) is 18.9 Å². The van der Waals surface area contributed by atoms with Crippen molar-refractivity contribution in [1.82, 2.24) is 15.5 Å². The van der Waals surface area contributed by atoms with Crippen LogP contribution >= 0.6 is 0 Å². The number of benzene rings is 2. The lowest BCUT2D eigenvalue weighted by Gasteiger charge is -2.36. The quantitative estimate of drug-likeness (QED) is 0.749. The van der Waals surface area contributed by atoms with Gasteiger partial charge in [0.25, 0.3) is 5.91 Å². The molecular formula is C21H23F2N3O2. The van der Waals surface area contributed by atoms with Gasteiger partial charge in [0, 0.05) is 38.2 Å². The second-order valence-corrected chi connectivity index (χ2v) is 6.73. The molecule has 1 heterocycles. The van der Waals surface area contributed by atoms with E-state index in [2.05, 4.69) is 10.6 Å². The third-order valence-corrected chi connectivity index (χ3v) is 4.76. The molecule has 0 radical (unpaired) electrons. The smallest absolute Gasteiger partial charge is 0.251 e. The molecule has 1 fully saturated rings. The molecule has 2 aromatic carbocycles. The first-order valence-electron chi connectivity index (χ1n) is 9.34. The minimum atomic E-state index is -0.397. The monoisotopic (exact) mass is 387 g/mol. The summed E-state index contributed by atoms with van der Waals surface area (Å²) < 4.78 is 26.5. The SMILES string of the molecule is O=C(NCCCC(=O)N1CCNCC1c1cccc(F)c1)c1ccc(F)cc1. The van der Waals surface area contributed by atoms with E-state index in [0.717, 1.165) is 5.56 Å². The summed E-state index contributed by atoms with van der Waals surface area (Å²) in [5, 5.41) is 5.97. The highest BCUT2D eigenvalue weighted by Crippen LogP contribution is 2.23. The van der Waals surface area contributed by atoms with Crippen LogP contribution in [0, 0.1) is 11.6 Å². The van der Waals surface area contributed by atoms with Crippen LogP contribution in [-0.4, -0.2) is 42.9 Å². The van der Waals surface area contributed by atoms with Crippen LogP contribution in [0.15, 0.2) is 48.5 Å². The fraction of sp³-hybridized carbons (Fsp3) is 0.333. The number of hydrogen-bond acceptors (Lipinski definition) is 3. The zero-order valence-corrected chi connectivity index (χ0v) is 15.5. The van der Waals surface area contributed by atoms with E-state index in [-0.39, 0.29) is 30.1 Å². The minimum absolute atomic E-state index is 0.0215. The summed E-state index contributed by atoms with van der Waals surface area (Å²) >= 11 is 0. The Morgan fingerprint density at radius 3 is 2.64 bits per heavy atom. The molecule has 28 heavy (non-hydrogen) atoms. The summed E-state index contributed by atoms with van der Waals surface area (Å²) in [5.74, 6) is -1.04. The van der Waals surface area contributed by atoms with E-state index in [4.69, 9.17) is 0 Å². The molecule has 0 aromatic heterocycles. The molecule has 1 aliphatic rings. The van der Waals surface area contributed by atoms with Gasteiger partial charge in [0.2, 0.25) is 5.91 Å². The molecule has 0 spiro atoms. The Bertz CT molecular complexity index is 827. The van der Waals surface area contributed by atoms with Crippen molar-refractivity contribution in [3.05, 3.63) is 71.3 Å². The van der Waals surface area contributed by atoms with Gasteiger partial charge in [0.15, 0.2) is 0 Å². The summed E-state index contributed by atoms with van der Waals surface area (Å²) in [4.78, 5) is 26.4. The maximum Gasteiger partial charge on any atom is 0.251 e. The number of amides is 2. The summed E-state index contributed by atoms with van der Waals surface area (Å²) in [6, 6.07) is 11.4. The molecule has 5 nitrogen and oxygen atoms in total. The average molecular weight is 387 g/mol.